The van der Waals surface area contributed by atoms with E-state index in [1.807, 2.05) is 18.2 Å². The first-order valence-corrected chi connectivity index (χ1v) is 8.18. The van der Waals surface area contributed by atoms with Gasteiger partial charge in [0.05, 0.1) is 5.02 Å². The molecule has 0 bridgehead atoms. The fourth-order valence-electron chi connectivity index (χ4n) is 2.75. The molecule has 0 fully saturated rings. The number of aryl methyl sites for hydroxylation is 2. The molecule has 0 heterocycles. The fourth-order valence-corrected chi connectivity index (χ4v) is 2.98. The van der Waals surface area contributed by atoms with Gasteiger partial charge in [0.15, 0.2) is 6.61 Å². The third-order valence-corrected chi connectivity index (χ3v) is 4.17. The molecule has 0 spiro atoms. The molecule has 25 heavy (non-hydrogen) atoms. The van der Waals surface area contributed by atoms with Gasteiger partial charge in [0.25, 0.3) is 5.91 Å². The van der Waals surface area contributed by atoms with Crippen molar-refractivity contribution in [2.45, 2.75) is 25.9 Å². The van der Waals surface area contributed by atoms with Gasteiger partial charge < -0.3 is 14.8 Å². The van der Waals surface area contributed by atoms with Crippen molar-refractivity contribution >= 4 is 23.2 Å². The SMILES string of the molecule is O=C(COc1ccc2c(c1)CCC2)Nc1ccc(OC(F)F)c(Cl)c1. The average Bonchev–Trinajstić information content (AvgIpc) is 3.03. The van der Waals surface area contributed by atoms with Crippen LogP contribution in [0.1, 0.15) is 17.5 Å². The number of carbonyl (C=O) groups excluding carboxylic acids is 1. The fraction of sp³-hybridized carbons (Fsp3) is 0.278. The number of hydrogen-bond donors (Lipinski definition) is 1. The molecule has 1 aliphatic carbocycles. The summed E-state index contributed by atoms with van der Waals surface area (Å²) < 4.78 is 34.1. The second-order valence-corrected chi connectivity index (χ2v) is 6.05. The Hall–Kier alpha value is -2.34. The summed E-state index contributed by atoms with van der Waals surface area (Å²) in [6, 6.07) is 9.87. The smallest absolute Gasteiger partial charge is 0.387 e. The summed E-state index contributed by atoms with van der Waals surface area (Å²) >= 11 is 5.84. The van der Waals surface area contributed by atoms with Crippen LogP contribution >= 0.6 is 11.6 Å². The molecule has 1 amide bonds. The van der Waals surface area contributed by atoms with Crippen molar-refractivity contribution < 1.29 is 23.0 Å². The highest BCUT2D eigenvalue weighted by molar-refractivity contribution is 6.32. The van der Waals surface area contributed by atoms with E-state index in [9.17, 15) is 13.6 Å². The summed E-state index contributed by atoms with van der Waals surface area (Å²) in [7, 11) is 0. The van der Waals surface area contributed by atoms with Crippen LogP contribution in [0.3, 0.4) is 0 Å². The largest absolute Gasteiger partial charge is 0.484 e. The molecule has 4 nitrogen and oxygen atoms in total. The zero-order chi connectivity index (χ0) is 17.8. The van der Waals surface area contributed by atoms with Crippen LogP contribution < -0.4 is 14.8 Å². The van der Waals surface area contributed by atoms with Crippen molar-refractivity contribution in [3.63, 3.8) is 0 Å². The molecule has 1 aliphatic rings. The lowest BCUT2D eigenvalue weighted by Gasteiger charge is -2.11. The van der Waals surface area contributed by atoms with Crippen LogP contribution in [0.4, 0.5) is 14.5 Å². The number of rotatable bonds is 6. The van der Waals surface area contributed by atoms with Crippen LogP contribution in [0.2, 0.25) is 5.02 Å². The van der Waals surface area contributed by atoms with E-state index in [1.165, 1.54) is 29.3 Å². The normalized spacial score (nSPS) is 12.8. The predicted molar refractivity (Wildman–Crippen MR) is 90.7 cm³/mol. The lowest BCUT2D eigenvalue weighted by Crippen LogP contribution is -2.20. The van der Waals surface area contributed by atoms with Crippen LogP contribution in [-0.2, 0) is 17.6 Å². The molecule has 0 radical (unpaired) electrons. The Balaban J connectivity index is 1.55. The third kappa shape index (κ3) is 4.60. The first-order chi connectivity index (χ1) is 12.0. The number of hydrogen-bond acceptors (Lipinski definition) is 3. The Morgan fingerprint density at radius 3 is 2.72 bits per heavy atom. The van der Waals surface area contributed by atoms with Crippen molar-refractivity contribution in [2.24, 2.45) is 0 Å². The number of carbonyl (C=O) groups is 1. The van der Waals surface area contributed by atoms with E-state index in [2.05, 4.69) is 10.1 Å². The standard InChI is InChI=1S/C18H16ClF2NO3/c19-15-9-13(5-7-16(15)25-18(20)21)22-17(23)10-24-14-6-4-11-2-1-3-12(11)8-14/h4-9,18H,1-3,10H2,(H,22,23). The van der Waals surface area contributed by atoms with Crippen LogP contribution in [0.25, 0.3) is 0 Å². The zero-order valence-corrected chi connectivity index (χ0v) is 14.0. The van der Waals surface area contributed by atoms with E-state index in [0.717, 1.165) is 19.3 Å². The summed E-state index contributed by atoms with van der Waals surface area (Å²) in [5, 5.41) is 2.58. The van der Waals surface area contributed by atoms with E-state index in [4.69, 9.17) is 16.3 Å². The Morgan fingerprint density at radius 1 is 1.16 bits per heavy atom. The molecular weight excluding hydrogens is 352 g/mol. The number of fused-ring (bicyclic) bond motifs is 1. The minimum absolute atomic E-state index is 0.0161. The number of anilines is 1. The quantitative estimate of drug-likeness (QED) is 0.820. The van der Waals surface area contributed by atoms with Gasteiger partial charge in [-0.2, -0.15) is 8.78 Å². The van der Waals surface area contributed by atoms with Gasteiger partial charge in [-0.15, -0.1) is 0 Å². The Labute approximate surface area is 148 Å². The second-order valence-electron chi connectivity index (χ2n) is 5.64. The summed E-state index contributed by atoms with van der Waals surface area (Å²) in [5.41, 5.74) is 2.96. The number of amides is 1. The van der Waals surface area contributed by atoms with Gasteiger partial charge >= 0.3 is 6.61 Å². The number of ether oxygens (including phenoxy) is 2. The first-order valence-electron chi connectivity index (χ1n) is 7.80. The molecule has 7 heteroatoms. The van der Waals surface area contributed by atoms with Crippen LogP contribution in [-0.4, -0.2) is 19.1 Å². The Morgan fingerprint density at radius 2 is 1.96 bits per heavy atom. The molecule has 132 valence electrons. The zero-order valence-electron chi connectivity index (χ0n) is 13.2. The van der Waals surface area contributed by atoms with Gasteiger partial charge in [0, 0.05) is 5.69 Å². The van der Waals surface area contributed by atoms with E-state index in [1.54, 1.807) is 0 Å². The summed E-state index contributed by atoms with van der Waals surface area (Å²) in [4.78, 5) is 12.0. The van der Waals surface area contributed by atoms with Crippen LogP contribution in [0, 0.1) is 0 Å². The van der Waals surface area contributed by atoms with Crippen molar-refractivity contribution in [1.82, 2.24) is 0 Å². The molecule has 2 aromatic carbocycles. The summed E-state index contributed by atoms with van der Waals surface area (Å²) in [6.07, 6.45) is 3.26. The number of nitrogens with one attached hydrogen (secondary N) is 1. The molecule has 0 aliphatic heterocycles. The maximum atomic E-state index is 12.2. The van der Waals surface area contributed by atoms with Gasteiger partial charge in [-0.3, -0.25) is 4.79 Å². The number of benzene rings is 2. The molecule has 3 rings (SSSR count). The van der Waals surface area contributed by atoms with Gasteiger partial charge in [0.1, 0.15) is 11.5 Å². The summed E-state index contributed by atoms with van der Waals surface area (Å²) in [5.74, 6) is 0.123. The topological polar surface area (TPSA) is 47.6 Å². The molecule has 0 saturated carbocycles. The minimum Gasteiger partial charge on any atom is -0.484 e. The predicted octanol–water partition coefficient (Wildman–Crippen LogP) is 4.45. The second kappa shape index (κ2) is 7.70. The molecular formula is C18H16ClF2NO3. The lowest BCUT2D eigenvalue weighted by molar-refractivity contribution is -0.118. The van der Waals surface area contributed by atoms with Gasteiger partial charge in [-0.25, -0.2) is 0 Å². The van der Waals surface area contributed by atoms with Crippen LogP contribution in [0.15, 0.2) is 36.4 Å². The molecule has 2 aromatic rings. The number of alkyl halides is 2. The van der Waals surface area contributed by atoms with Gasteiger partial charge in [-0.05, 0) is 60.7 Å². The van der Waals surface area contributed by atoms with Crippen molar-refractivity contribution in [2.75, 3.05) is 11.9 Å². The van der Waals surface area contributed by atoms with Crippen LogP contribution in [0.5, 0.6) is 11.5 Å². The maximum Gasteiger partial charge on any atom is 0.387 e. The number of halogens is 3. The highest BCUT2D eigenvalue weighted by Crippen LogP contribution is 2.29. The minimum atomic E-state index is -2.96. The Kier molecular flexibility index (Phi) is 5.38. The molecule has 0 atom stereocenters. The monoisotopic (exact) mass is 367 g/mol. The van der Waals surface area contributed by atoms with Crippen molar-refractivity contribution in [1.29, 1.82) is 0 Å². The molecule has 1 N–H and O–H groups in total. The third-order valence-electron chi connectivity index (χ3n) is 3.87. The molecule has 0 saturated heterocycles. The average molecular weight is 368 g/mol. The summed E-state index contributed by atoms with van der Waals surface area (Å²) in [6.45, 7) is -3.12. The van der Waals surface area contributed by atoms with Gasteiger partial charge in [0.2, 0.25) is 0 Å². The highest BCUT2D eigenvalue weighted by Gasteiger charge is 2.13. The van der Waals surface area contributed by atoms with Crippen molar-refractivity contribution in [3.05, 3.63) is 52.5 Å². The maximum absolute atomic E-state index is 12.2. The highest BCUT2D eigenvalue weighted by atomic mass is 35.5. The van der Waals surface area contributed by atoms with Crippen molar-refractivity contribution in [3.8, 4) is 11.5 Å². The van der Waals surface area contributed by atoms with E-state index >= 15 is 0 Å². The Bertz CT molecular complexity index is 783. The van der Waals surface area contributed by atoms with E-state index < -0.39 is 6.61 Å². The van der Waals surface area contributed by atoms with E-state index in [-0.39, 0.29) is 23.3 Å². The lowest BCUT2D eigenvalue weighted by atomic mass is 10.1. The molecule has 0 unspecified atom stereocenters. The first kappa shape index (κ1) is 17.5. The van der Waals surface area contributed by atoms with Gasteiger partial charge in [-0.1, -0.05) is 17.7 Å². The molecule has 0 aromatic heterocycles. The van der Waals surface area contributed by atoms with E-state index in [0.29, 0.717) is 11.4 Å².